The molecule has 0 saturated heterocycles. The van der Waals surface area contributed by atoms with Gasteiger partial charge in [0.15, 0.2) is 11.6 Å². The van der Waals surface area contributed by atoms with Gasteiger partial charge in [0.1, 0.15) is 0 Å². The highest BCUT2D eigenvalue weighted by molar-refractivity contribution is 6.17. The van der Waals surface area contributed by atoms with E-state index in [4.69, 9.17) is 16.3 Å². The molecule has 1 aromatic rings. The Morgan fingerprint density at radius 1 is 1.50 bits per heavy atom. The van der Waals surface area contributed by atoms with E-state index in [9.17, 15) is 9.18 Å². The van der Waals surface area contributed by atoms with E-state index in [-0.39, 0.29) is 11.7 Å². The maximum atomic E-state index is 13.3. The fraction of sp³-hybridized carbons (Fsp3) is 0.462. The highest BCUT2D eigenvalue weighted by atomic mass is 35.5. The molecule has 0 unspecified atom stereocenters. The molecule has 18 heavy (non-hydrogen) atoms. The first-order valence-corrected chi connectivity index (χ1v) is 6.36. The lowest BCUT2D eigenvalue weighted by Gasteiger charge is -2.20. The van der Waals surface area contributed by atoms with Gasteiger partial charge in [0.05, 0.1) is 7.11 Å². The van der Waals surface area contributed by atoms with Crippen LogP contribution in [0.1, 0.15) is 23.7 Å². The molecule has 0 N–H and O–H groups in total. The summed E-state index contributed by atoms with van der Waals surface area (Å²) >= 11 is 5.61. The van der Waals surface area contributed by atoms with Crippen molar-refractivity contribution >= 4 is 17.5 Å². The van der Waals surface area contributed by atoms with Crippen LogP contribution in [0.5, 0.6) is 5.75 Å². The number of amides is 1. The lowest BCUT2D eigenvalue weighted by Crippen LogP contribution is -2.32. The van der Waals surface area contributed by atoms with Crippen molar-refractivity contribution in [1.82, 2.24) is 4.90 Å². The molecule has 1 aromatic carbocycles. The largest absolute Gasteiger partial charge is 0.494 e. The van der Waals surface area contributed by atoms with Crippen LogP contribution in [-0.4, -0.2) is 36.9 Å². The normalized spacial score (nSPS) is 10.2. The Labute approximate surface area is 111 Å². The van der Waals surface area contributed by atoms with Crippen LogP contribution >= 0.6 is 11.6 Å². The van der Waals surface area contributed by atoms with E-state index >= 15 is 0 Å². The van der Waals surface area contributed by atoms with Crippen molar-refractivity contribution in [3.63, 3.8) is 0 Å². The molecule has 0 aliphatic carbocycles. The summed E-state index contributed by atoms with van der Waals surface area (Å²) in [5.74, 6) is -0.0238. The van der Waals surface area contributed by atoms with Gasteiger partial charge >= 0.3 is 0 Å². The topological polar surface area (TPSA) is 29.5 Å². The molecule has 0 heterocycles. The van der Waals surface area contributed by atoms with Crippen molar-refractivity contribution < 1.29 is 13.9 Å². The van der Waals surface area contributed by atoms with E-state index in [2.05, 4.69) is 0 Å². The van der Waals surface area contributed by atoms with E-state index in [0.29, 0.717) is 24.5 Å². The second-order valence-electron chi connectivity index (χ2n) is 3.78. The van der Waals surface area contributed by atoms with E-state index in [1.54, 1.807) is 4.90 Å². The minimum absolute atomic E-state index is 0.0780. The van der Waals surface area contributed by atoms with Crippen molar-refractivity contribution in [3.8, 4) is 5.75 Å². The SMILES string of the molecule is CCN(CCCCl)C(=O)c1ccc(F)c(OC)c1. The Hall–Kier alpha value is -1.29. The van der Waals surface area contributed by atoms with E-state index < -0.39 is 5.82 Å². The molecule has 0 aliphatic rings. The smallest absolute Gasteiger partial charge is 0.253 e. The number of carbonyl (C=O) groups is 1. The average molecular weight is 274 g/mol. The van der Waals surface area contributed by atoms with Crippen LogP contribution in [0.25, 0.3) is 0 Å². The first kappa shape index (κ1) is 14.8. The summed E-state index contributed by atoms with van der Waals surface area (Å²) in [6.07, 6.45) is 0.736. The maximum absolute atomic E-state index is 13.3. The third-order valence-electron chi connectivity index (χ3n) is 2.63. The second kappa shape index (κ2) is 7.21. The van der Waals surface area contributed by atoms with Crippen molar-refractivity contribution in [1.29, 1.82) is 0 Å². The Kier molecular flexibility index (Phi) is 5.92. The minimum Gasteiger partial charge on any atom is -0.494 e. The number of halogens is 2. The van der Waals surface area contributed by atoms with Crippen LogP contribution in [-0.2, 0) is 0 Å². The molecular formula is C13H17ClFNO2. The van der Waals surface area contributed by atoms with Gasteiger partial charge in [-0.2, -0.15) is 0 Å². The molecule has 1 rings (SSSR count). The minimum atomic E-state index is -0.474. The number of methoxy groups -OCH3 is 1. The van der Waals surface area contributed by atoms with Gasteiger partial charge in [0.25, 0.3) is 5.91 Å². The number of ether oxygens (including phenoxy) is 1. The Bertz CT molecular complexity index is 412. The number of nitrogens with zero attached hydrogens (tertiary/aromatic N) is 1. The predicted molar refractivity (Wildman–Crippen MR) is 69.9 cm³/mol. The number of alkyl halides is 1. The molecule has 3 nitrogen and oxygen atoms in total. The summed E-state index contributed by atoms with van der Waals surface area (Å²) < 4.78 is 18.1. The number of benzene rings is 1. The molecule has 0 atom stereocenters. The van der Waals surface area contributed by atoms with Gasteiger partial charge in [-0.3, -0.25) is 4.79 Å². The van der Waals surface area contributed by atoms with Gasteiger partial charge in [0, 0.05) is 24.5 Å². The number of hydrogen-bond donors (Lipinski definition) is 0. The second-order valence-corrected chi connectivity index (χ2v) is 4.15. The van der Waals surface area contributed by atoms with Crippen molar-refractivity contribution in [2.45, 2.75) is 13.3 Å². The van der Waals surface area contributed by atoms with Gasteiger partial charge in [-0.15, -0.1) is 11.6 Å². The first-order valence-electron chi connectivity index (χ1n) is 5.82. The molecule has 0 saturated carbocycles. The monoisotopic (exact) mass is 273 g/mol. The molecule has 0 spiro atoms. The zero-order chi connectivity index (χ0) is 13.5. The van der Waals surface area contributed by atoms with Crippen molar-refractivity contribution in [2.24, 2.45) is 0 Å². The highest BCUT2D eigenvalue weighted by Crippen LogP contribution is 2.19. The summed E-state index contributed by atoms with van der Waals surface area (Å²) in [7, 11) is 1.37. The summed E-state index contributed by atoms with van der Waals surface area (Å²) in [4.78, 5) is 13.8. The van der Waals surface area contributed by atoms with E-state index in [1.165, 1.54) is 25.3 Å². The summed E-state index contributed by atoms with van der Waals surface area (Å²) in [6.45, 7) is 3.08. The number of hydrogen-bond acceptors (Lipinski definition) is 2. The third-order valence-corrected chi connectivity index (χ3v) is 2.90. The molecule has 1 amide bonds. The highest BCUT2D eigenvalue weighted by Gasteiger charge is 2.15. The van der Waals surface area contributed by atoms with Crippen LogP contribution < -0.4 is 4.74 Å². The zero-order valence-corrected chi connectivity index (χ0v) is 11.3. The van der Waals surface area contributed by atoms with Gasteiger partial charge in [-0.25, -0.2) is 4.39 Å². The molecule has 100 valence electrons. The average Bonchev–Trinajstić information content (AvgIpc) is 2.40. The van der Waals surface area contributed by atoms with Crippen LogP contribution in [0.2, 0.25) is 0 Å². The predicted octanol–water partition coefficient (Wildman–Crippen LogP) is 2.93. The summed E-state index contributed by atoms with van der Waals surface area (Å²) in [5.41, 5.74) is 0.421. The summed E-state index contributed by atoms with van der Waals surface area (Å²) in [5, 5.41) is 0. The van der Waals surface area contributed by atoms with Crippen molar-refractivity contribution in [2.75, 3.05) is 26.1 Å². The lowest BCUT2D eigenvalue weighted by molar-refractivity contribution is 0.0764. The zero-order valence-electron chi connectivity index (χ0n) is 10.6. The van der Waals surface area contributed by atoms with E-state index in [0.717, 1.165) is 6.42 Å². The van der Waals surface area contributed by atoms with E-state index in [1.807, 2.05) is 6.92 Å². The van der Waals surface area contributed by atoms with Gasteiger partial charge in [0.2, 0.25) is 0 Å². The Balaban J connectivity index is 2.87. The van der Waals surface area contributed by atoms with Crippen LogP contribution in [0.15, 0.2) is 18.2 Å². The molecule has 0 bridgehead atoms. The molecule has 5 heteroatoms. The van der Waals surface area contributed by atoms with Gasteiger partial charge < -0.3 is 9.64 Å². The fourth-order valence-corrected chi connectivity index (χ4v) is 1.75. The molecule has 0 aliphatic heterocycles. The van der Waals surface area contributed by atoms with Crippen LogP contribution in [0, 0.1) is 5.82 Å². The number of carbonyl (C=O) groups excluding carboxylic acids is 1. The van der Waals surface area contributed by atoms with Gasteiger partial charge in [-0.1, -0.05) is 0 Å². The lowest BCUT2D eigenvalue weighted by atomic mass is 10.1. The molecule has 0 radical (unpaired) electrons. The number of rotatable bonds is 6. The summed E-state index contributed by atoms with van der Waals surface area (Å²) in [6, 6.07) is 4.12. The standard InChI is InChI=1S/C13H17ClFNO2/c1-3-16(8-4-7-14)13(17)10-5-6-11(15)12(9-10)18-2/h5-6,9H,3-4,7-8H2,1-2H3. The van der Waals surface area contributed by atoms with Crippen molar-refractivity contribution in [3.05, 3.63) is 29.6 Å². The fourth-order valence-electron chi connectivity index (χ4n) is 1.63. The molecule has 0 aromatic heterocycles. The van der Waals surface area contributed by atoms with Crippen LogP contribution in [0.3, 0.4) is 0 Å². The molecular weight excluding hydrogens is 257 g/mol. The third kappa shape index (κ3) is 3.60. The quantitative estimate of drug-likeness (QED) is 0.746. The Morgan fingerprint density at radius 3 is 2.78 bits per heavy atom. The first-order chi connectivity index (χ1) is 8.63. The van der Waals surface area contributed by atoms with Crippen LogP contribution in [0.4, 0.5) is 4.39 Å². The maximum Gasteiger partial charge on any atom is 0.253 e. The van der Waals surface area contributed by atoms with Gasteiger partial charge in [-0.05, 0) is 31.5 Å². The molecule has 0 fully saturated rings. The Morgan fingerprint density at radius 2 is 2.22 bits per heavy atom.